The molecule has 0 spiro atoms. The van der Waals surface area contributed by atoms with E-state index in [4.69, 9.17) is 0 Å². The van der Waals surface area contributed by atoms with E-state index in [-0.39, 0.29) is 30.7 Å². The Labute approximate surface area is 134 Å². The lowest BCUT2D eigenvalue weighted by Gasteiger charge is -2.28. The molecule has 1 aromatic rings. The second-order valence-corrected chi connectivity index (χ2v) is 5.58. The van der Waals surface area contributed by atoms with Gasteiger partial charge in [0.15, 0.2) is 0 Å². The highest BCUT2D eigenvalue weighted by Gasteiger charge is 2.33. The third kappa shape index (κ3) is 4.06. The Morgan fingerprint density at radius 2 is 2.17 bits per heavy atom. The van der Waals surface area contributed by atoms with Gasteiger partial charge in [0.1, 0.15) is 5.82 Å². The molecule has 1 aliphatic heterocycles. The summed E-state index contributed by atoms with van der Waals surface area (Å²) in [5.41, 5.74) is 0.875. The summed E-state index contributed by atoms with van der Waals surface area (Å²) in [4.78, 5) is 37.3. The SMILES string of the molecule is CCCNC(=O)CN(C)C(=O)[C@H]1CC(=O)Nc2cc(F)ccc21. The first kappa shape index (κ1) is 16.9. The number of hydrogen-bond donors (Lipinski definition) is 2. The number of amides is 3. The van der Waals surface area contributed by atoms with Crippen LogP contribution < -0.4 is 10.6 Å². The monoisotopic (exact) mass is 321 g/mol. The fraction of sp³-hybridized carbons (Fsp3) is 0.438. The van der Waals surface area contributed by atoms with E-state index in [1.807, 2.05) is 6.92 Å². The van der Waals surface area contributed by atoms with Crippen LogP contribution in [0.5, 0.6) is 0 Å². The van der Waals surface area contributed by atoms with Gasteiger partial charge < -0.3 is 15.5 Å². The standard InChI is InChI=1S/C16H20FN3O3/c1-3-6-18-15(22)9-20(2)16(23)12-8-14(21)19-13-7-10(17)4-5-11(12)13/h4-5,7,12H,3,6,8-9H2,1-2H3,(H,18,22)(H,19,21)/t12-/m0/s1. The highest BCUT2D eigenvalue weighted by atomic mass is 19.1. The molecule has 0 radical (unpaired) electrons. The Hall–Kier alpha value is -2.44. The highest BCUT2D eigenvalue weighted by molar-refractivity contribution is 6.01. The molecule has 124 valence electrons. The number of hydrogen-bond acceptors (Lipinski definition) is 3. The van der Waals surface area contributed by atoms with E-state index in [9.17, 15) is 18.8 Å². The van der Waals surface area contributed by atoms with Crippen LogP contribution in [0.15, 0.2) is 18.2 Å². The Balaban J connectivity index is 2.13. The van der Waals surface area contributed by atoms with Crippen molar-refractivity contribution in [3.8, 4) is 0 Å². The molecule has 2 N–H and O–H groups in total. The van der Waals surface area contributed by atoms with E-state index >= 15 is 0 Å². The van der Waals surface area contributed by atoms with Gasteiger partial charge in [-0.05, 0) is 24.1 Å². The van der Waals surface area contributed by atoms with E-state index in [2.05, 4.69) is 10.6 Å². The van der Waals surface area contributed by atoms with Crippen LogP contribution in [0.25, 0.3) is 0 Å². The van der Waals surface area contributed by atoms with Crippen molar-refractivity contribution >= 4 is 23.4 Å². The summed E-state index contributed by atoms with van der Waals surface area (Å²) in [6.45, 7) is 2.41. The van der Waals surface area contributed by atoms with Gasteiger partial charge in [0.25, 0.3) is 0 Å². The van der Waals surface area contributed by atoms with Gasteiger partial charge in [-0.2, -0.15) is 0 Å². The summed E-state index contributed by atoms with van der Waals surface area (Å²) < 4.78 is 13.3. The minimum Gasteiger partial charge on any atom is -0.355 e. The van der Waals surface area contributed by atoms with Gasteiger partial charge in [-0.1, -0.05) is 13.0 Å². The van der Waals surface area contributed by atoms with E-state index in [0.717, 1.165) is 6.42 Å². The van der Waals surface area contributed by atoms with Crippen LogP contribution in [-0.4, -0.2) is 42.8 Å². The van der Waals surface area contributed by atoms with Crippen molar-refractivity contribution in [1.82, 2.24) is 10.2 Å². The van der Waals surface area contributed by atoms with Crippen LogP contribution in [0.3, 0.4) is 0 Å². The third-order valence-electron chi connectivity index (χ3n) is 3.68. The van der Waals surface area contributed by atoms with Crippen molar-refractivity contribution in [2.45, 2.75) is 25.7 Å². The molecular formula is C16H20FN3O3. The van der Waals surface area contributed by atoms with Gasteiger partial charge in [-0.3, -0.25) is 14.4 Å². The molecule has 0 fully saturated rings. The molecule has 0 saturated carbocycles. The van der Waals surface area contributed by atoms with E-state index < -0.39 is 11.7 Å². The van der Waals surface area contributed by atoms with Crippen molar-refractivity contribution < 1.29 is 18.8 Å². The topological polar surface area (TPSA) is 78.5 Å². The summed E-state index contributed by atoms with van der Waals surface area (Å²) in [6.07, 6.45) is 0.795. The fourth-order valence-electron chi connectivity index (χ4n) is 2.54. The summed E-state index contributed by atoms with van der Waals surface area (Å²) >= 11 is 0. The number of benzene rings is 1. The van der Waals surface area contributed by atoms with Crippen molar-refractivity contribution in [1.29, 1.82) is 0 Å². The zero-order valence-corrected chi connectivity index (χ0v) is 13.2. The van der Waals surface area contributed by atoms with Crippen LogP contribution in [-0.2, 0) is 14.4 Å². The molecule has 2 rings (SSSR count). The van der Waals surface area contributed by atoms with E-state index in [0.29, 0.717) is 17.8 Å². The number of fused-ring (bicyclic) bond motifs is 1. The number of carbonyl (C=O) groups is 3. The quantitative estimate of drug-likeness (QED) is 0.856. The molecule has 0 unspecified atom stereocenters. The number of nitrogens with zero attached hydrogens (tertiary/aromatic N) is 1. The zero-order valence-electron chi connectivity index (χ0n) is 13.2. The number of nitrogens with one attached hydrogen (secondary N) is 2. The second-order valence-electron chi connectivity index (χ2n) is 5.58. The summed E-state index contributed by atoms with van der Waals surface area (Å²) in [5.74, 6) is -2.11. The zero-order chi connectivity index (χ0) is 17.0. The lowest BCUT2D eigenvalue weighted by Crippen LogP contribution is -2.42. The Morgan fingerprint density at radius 3 is 2.87 bits per heavy atom. The maximum atomic E-state index is 13.3. The molecular weight excluding hydrogens is 301 g/mol. The van der Waals surface area contributed by atoms with Gasteiger partial charge in [0.2, 0.25) is 17.7 Å². The van der Waals surface area contributed by atoms with E-state index in [1.165, 1.54) is 30.1 Å². The number of carbonyl (C=O) groups excluding carboxylic acids is 3. The van der Waals surface area contributed by atoms with Crippen LogP contribution in [0, 0.1) is 5.82 Å². The summed E-state index contributed by atoms with van der Waals surface area (Å²) in [7, 11) is 1.52. The molecule has 1 atom stereocenters. The number of rotatable bonds is 5. The average molecular weight is 321 g/mol. The molecule has 0 saturated heterocycles. The van der Waals surface area contributed by atoms with Gasteiger partial charge in [-0.25, -0.2) is 4.39 Å². The van der Waals surface area contributed by atoms with Gasteiger partial charge in [-0.15, -0.1) is 0 Å². The summed E-state index contributed by atoms with van der Waals surface area (Å²) in [5, 5.41) is 5.26. The molecule has 0 aliphatic carbocycles. The number of halogens is 1. The number of anilines is 1. The predicted molar refractivity (Wildman–Crippen MR) is 83.3 cm³/mol. The van der Waals surface area contributed by atoms with Crippen LogP contribution in [0.2, 0.25) is 0 Å². The van der Waals surface area contributed by atoms with E-state index in [1.54, 1.807) is 0 Å². The minimum atomic E-state index is -0.705. The van der Waals surface area contributed by atoms with Gasteiger partial charge >= 0.3 is 0 Å². The van der Waals surface area contributed by atoms with Crippen LogP contribution >= 0.6 is 0 Å². The molecule has 23 heavy (non-hydrogen) atoms. The minimum absolute atomic E-state index is 0.0155. The molecule has 1 heterocycles. The van der Waals surface area contributed by atoms with Crippen molar-refractivity contribution in [2.24, 2.45) is 0 Å². The highest BCUT2D eigenvalue weighted by Crippen LogP contribution is 2.33. The van der Waals surface area contributed by atoms with Crippen molar-refractivity contribution in [3.05, 3.63) is 29.6 Å². The Kier molecular flexibility index (Phi) is 5.31. The van der Waals surface area contributed by atoms with Crippen molar-refractivity contribution in [2.75, 3.05) is 25.5 Å². The molecule has 0 aromatic heterocycles. The predicted octanol–water partition coefficient (Wildman–Crippen LogP) is 1.24. The van der Waals surface area contributed by atoms with Crippen LogP contribution in [0.1, 0.15) is 31.2 Å². The molecule has 1 aliphatic rings. The average Bonchev–Trinajstić information content (AvgIpc) is 2.50. The summed E-state index contributed by atoms with van der Waals surface area (Å²) in [6, 6.07) is 3.95. The van der Waals surface area contributed by atoms with Crippen molar-refractivity contribution in [3.63, 3.8) is 0 Å². The Morgan fingerprint density at radius 1 is 1.43 bits per heavy atom. The lowest BCUT2D eigenvalue weighted by atomic mass is 9.89. The number of likely N-dealkylation sites (N-methyl/N-ethyl adjacent to an activating group) is 1. The Bertz CT molecular complexity index is 633. The first-order valence-corrected chi connectivity index (χ1v) is 7.53. The largest absolute Gasteiger partial charge is 0.355 e. The van der Waals surface area contributed by atoms with Gasteiger partial charge in [0, 0.05) is 25.7 Å². The molecule has 7 heteroatoms. The lowest BCUT2D eigenvalue weighted by molar-refractivity contribution is -0.137. The third-order valence-corrected chi connectivity index (χ3v) is 3.68. The molecule has 0 bridgehead atoms. The van der Waals surface area contributed by atoms with Gasteiger partial charge in [0.05, 0.1) is 12.5 Å². The maximum Gasteiger partial charge on any atom is 0.239 e. The second kappa shape index (κ2) is 7.21. The van der Waals surface area contributed by atoms with Crippen LogP contribution in [0.4, 0.5) is 10.1 Å². The normalized spacial score (nSPS) is 16.3. The fourth-order valence-corrected chi connectivity index (χ4v) is 2.54. The molecule has 3 amide bonds. The molecule has 1 aromatic carbocycles. The smallest absolute Gasteiger partial charge is 0.239 e. The first-order chi connectivity index (χ1) is 10.9. The maximum absolute atomic E-state index is 13.3. The molecule has 6 nitrogen and oxygen atoms in total. The first-order valence-electron chi connectivity index (χ1n) is 7.53.